The summed E-state index contributed by atoms with van der Waals surface area (Å²) < 4.78 is 3.57. The molecule has 112 valence electrons. The highest BCUT2D eigenvalue weighted by Gasteiger charge is 2.15. The molecular formula is C16H17N5O. The molecule has 1 N–H and O–H groups in total. The number of pyridine rings is 1. The Bertz CT molecular complexity index is 788. The van der Waals surface area contributed by atoms with Crippen LogP contribution in [-0.4, -0.2) is 25.2 Å². The molecule has 0 spiro atoms. The summed E-state index contributed by atoms with van der Waals surface area (Å²) in [5, 5.41) is 7.31. The molecule has 6 nitrogen and oxygen atoms in total. The molecule has 3 heterocycles. The Morgan fingerprint density at radius 1 is 1.23 bits per heavy atom. The van der Waals surface area contributed by atoms with Gasteiger partial charge in [-0.3, -0.25) is 14.5 Å². The van der Waals surface area contributed by atoms with Gasteiger partial charge in [0.25, 0.3) is 5.91 Å². The minimum Gasteiger partial charge on any atom is -0.349 e. The van der Waals surface area contributed by atoms with Gasteiger partial charge in [0, 0.05) is 39.2 Å². The van der Waals surface area contributed by atoms with E-state index in [1.807, 2.05) is 42.1 Å². The van der Waals surface area contributed by atoms with E-state index in [9.17, 15) is 4.79 Å². The molecule has 0 saturated heterocycles. The fourth-order valence-corrected chi connectivity index (χ4v) is 2.31. The van der Waals surface area contributed by atoms with Crippen LogP contribution in [0.25, 0.3) is 11.4 Å². The molecule has 0 saturated carbocycles. The van der Waals surface area contributed by atoms with E-state index in [4.69, 9.17) is 0 Å². The molecule has 0 fully saturated rings. The smallest absolute Gasteiger partial charge is 0.269 e. The van der Waals surface area contributed by atoms with Gasteiger partial charge in [-0.05, 0) is 35.9 Å². The van der Waals surface area contributed by atoms with Crippen molar-refractivity contribution in [1.82, 2.24) is 24.6 Å². The lowest BCUT2D eigenvalue weighted by Gasteiger charge is -2.04. The van der Waals surface area contributed by atoms with Crippen LogP contribution in [0.1, 0.15) is 16.1 Å². The van der Waals surface area contributed by atoms with Crippen molar-refractivity contribution in [2.24, 2.45) is 14.1 Å². The number of carbonyl (C=O) groups is 1. The summed E-state index contributed by atoms with van der Waals surface area (Å²) in [7, 11) is 3.72. The van der Waals surface area contributed by atoms with Crippen molar-refractivity contribution in [2.45, 2.75) is 6.54 Å². The highest BCUT2D eigenvalue weighted by Crippen LogP contribution is 2.18. The van der Waals surface area contributed by atoms with Crippen LogP contribution in [0.3, 0.4) is 0 Å². The summed E-state index contributed by atoms with van der Waals surface area (Å²) in [5.41, 5.74) is 3.30. The Labute approximate surface area is 128 Å². The second-order valence-corrected chi connectivity index (χ2v) is 5.08. The van der Waals surface area contributed by atoms with Crippen LogP contribution >= 0.6 is 0 Å². The van der Waals surface area contributed by atoms with Crippen LogP contribution in [0.4, 0.5) is 0 Å². The van der Waals surface area contributed by atoms with Crippen molar-refractivity contribution in [3.05, 3.63) is 60.2 Å². The van der Waals surface area contributed by atoms with Crippen molar-refractivity contribution in [3.8, 4) is 11.4 Å². The summed E-state index contributed by atoms with van der Waals surface area (Å²) in [6, 6.07) is 9.48. The molecule has 3 aromatic heterocycles. The second-order valence-electron chi connectivity index (χ2n) is 5.08. The predicted molar refractivity (Wildman–Crippen MR) is 83.0 cm³/mol. The number of carbonyl (C=O) groups excluding carboxylic acids is 1. The first-order valence-corrected chi connectivity index (χ1v) is 6.98. The first-order valence-electron chi connectivity index (χ1n) is 6.98. The molecular weight excluding hydrogens is 278 g/mol. The molecule has 0 aliphatic heterocycles. The van der Waals surface area contributed by atoms with Crippen molar-refractivity contribution < 1.29 is 4.79 Å². The lowest BCUT2D eigenvalue weighted by molar-refractivity contribution is 0.0941. The van der Waals surface area contributed by atoms with Crippen molar-refractivity contribution >= 4 is 5.91 Å². The highest BCUT2D eigenvalue weighted by molar-refractivity contribution is 5.93. The zero-order chi connectivity index (χ0) is 15.5. The molecule has 1 amide bonds. The fraction of sp³-hybridized carbons (Fsp3) is 0.188. The fourth-order valence-electron chi connectivity index (χ4n) is 2.31. The third kappa shape index (κ3) is 2.76. The molecule has 3 aromatic rings. The van der Waals surface area contributed by atoms with E-state index in [2.05, 4.69) is 15.4 Å². The van der Waals surface area contributed by atoms with E-state index < -0.39 is 0 Å². The van der Waals surface area contributed by atoms with E-state index >= 15 is 0 Å². The van der Waals surface area contributed by atoms with E-state index in [1.165, 1.54) is 0 Å². The quantitative estimate of drug-likeness (QED) is 0.797. The van der Waals surface area contributed by atoms with Gasteiger partial charge in [0.1, 0.15) is 11.4 Å². The topological polar surface area (TPSA) is 64.7 Å². The maximum Gasteiger partial charge on any atom is 0.269 e. The van der Waals surface area contributed by atoms with Crippen molar-refractivity contribution in [1.29, 1.82) is 0 Å². The Morgan fingerprint density at radius 3 is 2.68 bits per heavy atom. The molecule has 0 aliphatic rings. The number of rotatable bonds is 4. The minimum atomic E-state index is -0.146. The van der Waals surface area contributed by atoms with E-state index in [-0.39, 0.29) is 5.91 Å². The van der Waals surface area contributed by atoms with Crippen LogP contribution in [0.5, 0.6) is 0 Å². The summed E-state index contributed by atoms with van der Waals surface area (Å²) >= 11 is 0. The first kappa shape index (κ1) is 14.1. The number of amides is 1. The van der Waals surface area contributed by atoms with E-state index in [0.717, 1.165) is 17.0 Å². The van der Waals surface area contributed by atoms with E-state index in [0.29, 0.717) is 12.2 Å². The largest absolute Gasteiger partial charge is 0.349 e. The summed E-state index contributed by atoms with van der Waals surface area (Å²) in [5.74, 6) is -0.146. The predicted octanol–water partition coefficient (Wildman–Crippen LogP) is 1.75. The lowest BCUT2D eigenvalue weighted by Crippen LogP contribution is -2.25. The van der Waals surface area contributed by atoms with Gasteiger partial charge in [0.2, 0.25) is 0 Å². The third-order valence-electron chi connectivity index (χ3n) is 3.52. The van der Waals surface area contributed by atoms with Gasteiger partial charge in [0.05, 0.1) is 5.69 Å². The maximum absolute atomic E-state index is 12.3. The maximum atomic E-state index is 12.3. The number of hydrogen-bond acceptors (Lipinski definition) is 3. The summed E-state index contributed by atoms with van der Waals surface area (Å²) in [6.07, 6.45) is 5.37. The second kappa shape index (κ2) is 5.85. The SMILES string of the molecule is Cn1cccc1-c1cc(C(=O)NCc2ccncc2)n(C)n1. The molecule has 0 atom stereocenters. The number of aromatic nitrogens is 4. The number of nitrogens with zero attached hydrogens (tertiary/aromatic N) is 4. The zero-order valence-corrected chi connectivity index (χ0v) is 12.5. The van der Waals surface area contributed by atoms with Crippen LogP contribution in [0, 0.1) is 0 Å². The normalized spacial score (nSPS) is 10.6. The summed E-state index contributed by atoms with van der Waals surface area (Å²) in [6.45, 7) is 0.464. The zero-order valence-electron chi connectivity index (χ0n) is 12.5. The Kier molecular flexibility index (Phi) is 3.74. The van der Waals surface area contributed by atoms with Gasteiger partial charge in [0.15, 0.2) is 0 Å². The Morgan fingerprint density at radius 2 is 2.00 bits per heavy atom. The van der Waals surface area contributed by atoms with Crippen LogP contribution in [0.15, 0.2) is 48.9 Å². The average molecular weight is 295 g/mol. The average Bonchev–Trinajstić information content (AvgIpc) is 3.11. The van der Waals surface area contributed by atoms with Crippen LogP contribution < -0.4 is 5.32 Å². The molecule has 22 heavy (non-hydrogen) atoms. The lowest BCUT2D eigenvalue weighted by atomic mass is 10.2. The highest BCUT2D eigenvalue weighted by atomic mass is 16.2. The third-order valence-corrected chi connectivity index (χ3v) is 3.52. The molecule has 0 radical (unpaired) electrons. The molecule has 0 unspecified atom stereocenters. The minimum absolute atomic E-state index is 0.146. The van der Waals surface area contributed by atoms with Gasteiger partial charge in [-0.15, -0.1) is 0 Å². The van der Waals surface area contributed by atoms with Gasteiger partial charge in [-0.2, -0.15) is 5.10 Å². The number of nitrogens with one attached hydrogen (secondary N) is 1. The molecule has 6 heteroatoms. The molecule has 0 bridgehead atoms. The van der Waals surface area contributed by atoms with Gasteiger partial charge < -0.3 is 9.88 Å². The number of aryl methyl sites for hydroxylation is 2. The van der Waals surface area contributed by atoms with Gasteiger partial charge in [-0.25, -0.2) is 0 Å². The summed E-state index contributed by atoms with van der Waals surface area (Å²) in [4.78, 5) is 16.3. The standard InChI is InChI=1S/C16H17N5O/c1-20-9-3-4-14(20)13-10-15(21(2)19-13)16(22)18-11-12-5-7-17-8-6-12/h3-10H,11H2,1-2H3,(H,18,22). The van der Waals surface area contributed by atoms with Gasteiger partial charge in [-0.1, -0.05) is 0 Å². The Balaban J connectivity index is 1.76. The molecule has 0 aliphatic carbocycles. The van der Waals surface area contributed by atoms with Gasteiger partial charge >= 0.3 is 0 Å². The van der Waals surface area contributed by atoms with Crippen molar-refractivity contribution in [2.75, 3.05) is 0 Å². The van der Waals surface area contributed by atoms with Crippen LogP contribution in [-0.2, 0) is 20.6 Å². The van der Waals surface area contributed by atoms with E-state index in [1.54, 1.807) is 30.2 Å². The molecule has 3 rings (SSSR count). The Hall–Kier alpha value is -2.89. The first-order chi connectivity index (χ1) is 10.6. The van der Waals surface area contributed by atoms with Crippen LogP contribution in [0.2, 0.25) is 0 Å². The monoisotopic (exact) mass is 295 g/mol. The van der Waals surface area contributed by atoms with Crippen molar-refractivity contribution in [3.63, 3.8) is 0 Å². The molecule has 0 aromatic carbocycles. The number of hydrogen-bond donors (Lipinski definition) is 1.